The molecule has 27 heavy (non-hydrogen) atoms. The molecule has 0 aliphatic heterocycles. The van der Waals surface area contributed by atoms with Gasteiger partial charge in [0.05, 0.1) is 12.1 Å². The molecule has 0 saturated heterocycles. The van der Waals surface area contributed by atoms with Crippen LogP contribution in [-0.4, -0.2) is 15.3 Å². The molecule has 0 saturated carbocycles. The minimum absolute atomic E-state index is 0.0419. The van der Waals surface area contributed by atoms with Crippen LogP contribution in [0.25, 0.3) is 16.2 Å². The molecule has 1 N–H and O–H groups in total. The molecule has 2 aromatic carbocycles. The summed E-state index contributed by atoms with van der Waals surface area (Å²) in [6.07, 6.45) is 2.26. The summed E-state index contributed by atoms with van der Waals surface area (Å²) >= 11 is 7.49. The number of halogens is 1. The minimum Gasteiger partial charge on any atom is -0.326 e. The first-order valence-electron chi connectivity index (χ1n) is 8.58. The Labute approximate surface area is 166 Å². The number of carbonyl (C=O) groups is 1. The molecule has 0 aliphatic rings. The van der Waals surface area contributed by atoms with E-state index in [2.05, 4.69) is 17.2 Å². The number of nitrogens with one attached hydrogen (secondary N) is 1. The van der Waals surface area contributed by atoms with E-state index in [1.54, 1.807) is 0 Å². The molecule has 136 valence electrons. The average molecular weight is 396 g/mol. The molecule has 0 aliphatic carbocycles. The van der Waals surface area contributed by atoms with Crippen LogP contribution in [0, 0.1) is 13.8 Å². The monoisotopic (exact) mass is 395 g/mol. The zero-order valence-corrected chi connectivity index (χ0v) is 16.6. The van der Waals surface area contributed by atoms with Gasteiger partial charge in [-0.05, 0) is 49.2 Å². The van der Waals surface area contributed by atoms with Crippen LogP contribution in [-0.2, 0) is 11.2 Å². The fourth-order valence-electron chi connectivity index (χ4n) is 2.91. The second-order valence-electron chi connectivity index (χ2n) is 6.54. The van der Waals surface area contributed by atoms with E-state index in [1.165, 1.54) is 16.9 Å². The van der Waals surface area contributed by atoms with Crippen LogP contribution in [0.2, 0.25) is 5.02 Å². The highest BCUT2D eigenvalue weighted by atomic mass is 35.5. The van der Waals surface area contributed by atoms with Crippen LogP contribution in [0.15, 0.2) is 54.0 Å². The van der Waals surface area contributed by atoms with Gasteiger partial charge in [-0.2, -0.15) is 0 Å². The van der Waals surface area contributed by atoms with Crippen molar-refractivity contribution >= 4 is 39.5 Å². The van der Waals surface area contributed by atoms with Gasteiger partial charge < -0.3 is 5.32 Å². The van der Waals surface area contributed by atoms with Gasteiger partial charge in [0, 0.05) is 33.5 Å². The van der Waals surface area contributed by atoms with E-state index in [9.17, 15) is 4.79 Å². The van der Waals surface area contributed by atoms with Crippen LogP contribution >= 0.6 is 22.9 Å². The Bertz CT molecular complexity index is 1130. The summed E-state index contributed by atoms with van der Waals surface area (Å²) in [5.41, 5.74) is 5.98. The van der Waals surface area contributed by atoms with Gasteiger partial charge in [0.15, 0.2) is 4.96 Å². The quantitative estimate of drug-likeness (QED) is 0.495. The number of aromatic nitrogens is 2. The summed E-state index contributed by atoms with van der Waals surface area (Å²) in [4.78, 5) is 18.0. The van der Waals surface area contributed by atoms with Crippen LogP contribution in [0.5, 0.6) is 0 Å². The van der Waals surface area contributed by atoms with Crippen molar-refractivity contribution < 1.29 is 4.79 Å². The Kier molecular flexibility index (Phi) is 4.72. The maximum absolute atomic E-state index is 12.5. The van der Waals surface area contributed by atoms with E-state index in [4.69, 9.17) is 11.6 Å². The Balaban J connectivity index is 1.54. The predicted molar refractivity (Wildman–Crippen MR) is 112 cm³/mol. The van der Waals surface area contributed by atoms with Crippen molar-refractivity contribution in [2.75, 3.05) is 5.32 Å². The van der Waals surface area contributed by atoms with Crippen molar-refractivity contribution in [3.63, 3.8) is 0 Å². The molecular weight excluding hydrogens is 378 g/mol. The number of imidazole rings is 1. The lowest BCUT2D eigenvalue weighted by Gasteiger charge is -2.07. The first-order chi connectivity index (χ1) is 13.0. The van der Waals surface area contributed by atoms with E-state index in [0.717, 1.165) is 33.2 Å². The van der Waals surface area contributed by atoms with E-state index in [1.807, 2.05) is 65.4 Å². The van der Waals surface area contributed by atoms with Crippen molar-refractivity contribution in [3.05, 3.63) is 75.9 Å². The summed E-state index contributed by atoms with van der Waals surface area (Å²) in [5.74, 6) is -0.0419. The molecule has 0 radical (unpaired) electrons. The standard InChI is InChI=1S/C21H18ClN3OS/c1-13-3-8-17(9-14(13)2)23-20(26)10-18-12-27-21-24-19(11-25(18)21)15-4-6-16(22)7-5-15/h3-9,11-12H,10H2,1-2H3,(H,23,26). The molecule has 0 fully saturated rings. The van der Waals surface area contributed by atoms with Gasteiger partial charge in [-0.3, -0.25) is 9.20 Å². The molecule has 0 unspecified atom stereocenters. The lowest BCUT2D eigenvalue weighted by Crippen LogP contribution is -2.15. The lowest BCUT2D eigenvalue weighted by atomic mass is 10.1. The highest BCUT2D eigenvalue weighted by Crippen LogP contribution is 2.25. The molecule has 4 nitrogen and oxygen atoms in total. The Morgan fingerprint density at radius 3 is 2.67 bits per heavy atom. The molecule has 1 amide bonds. The van der Waals surface area contributed by atoms with Crippen molar-refractivity contribution in [1.82, 2.24) is 9.38 Å². The first kappa shape index (κ1) is 17.8. The van der Waals surface area contributed by atoms with E-state index >= 15 is 0 Å². The minimum atomic E-state index is -0.0419. The van der Waals surface area contributed by atoms with Gasteiger partial charge in [0.1, 0.15) is 0 Å². The van der Waals surface area contributed by atoms with Gasteiger partial charge in [0.25, 0.3) is 0 Å². The normalized spacial score (nSPS) is 11.1. The number of hydrogen-bond acceptors (Lipinski definition) is 3. The van der Waals surface area contributed by atoms with Gasteiger partial charge in [0.2, 0.25) is 5.91 Å². The van der Waals surface area contributed by atoms with Gasteiger partial charge in [-0.1, -0.05) is 29.8 Å². The summed E-state index contributed by atoms with van der Waals surface area (Å²) < 4.78 is 1.98. The Morgan fingerprint density at radius 2 is 1.93 bits per heavy atom. The number of nitrogens with zero attached hydrogens (tertiary/aromatic N) is 2. The van der Waals surface area contributed by atoms with E-state index in [-0.39, 0.29) is 5.91 Å². The molecule has 0 bridgehead atoms. The maximum atomic E-state index is 12.5. The number of amides is 1. The number of fused-ring (bicyclic) bond motifs is 1. The number of anilines is 1. The highest BCUT2D eigenvalue weighted by molar-refractivity contribution is 7.15. The number of aryl methyl sites for hydroxylation is 2. The van der Waals surface area contributed by atoms with Gasteiger partial charge in [-0.25, -0.2) is 4.98 Å². The third-order valence-corrected chi connectivity index (χ3v) is 5.70. The Morgan fingerprint density at radius 1 is 1.15 bits per heavy atom. The molecular formula is C21H18ClN3OS. The molecule has 0 spiro atoms. The highest BCUT2D eigenvalue weighted by Gasteiger charge is 2.13. The number of hydrogen-bond donors (Lipinski definition) is 1. The summed E-state index contributed by atoms with van der Waals surface area (Å²) in [5, 5.41) is 5.65. The summed E-state index contributed by atoms with van der Waals surface area (Å²) in [7, 11) is 0. The van der Waals surface area contributed by atoms with Crippen LogP contribution in [0.1, 0.15) is 16.8 Å². The molecule has 2 heterocycles. The SMILES string of the molecule is Cc1ccc(NC(=O)Cc2csc3nc(-c4ccc(Cl)cc4)cn23)cc1C. The molecule has 4 aromatic rings. The van der Waals surface area contributed by atoms with E-state index < -0.39 is 0 Å². The van der Waals surface area contributed by atoms with E-state index in [0.29, 0.717) is 11.4 Å². The maximum Gasteiger partial charge on any atom is 0.230 e. The third-order valence-electron chi connectivity index (χ3n) is 4.56. The summed E-state index contributed by atoms with van der Waals surface area (Å²) in [6, 6.07) is 13.5. The number of rotatable bonds is 4. The average Bonchev–Trinajstić information content (AvgIpc) is 3.21. The van der Waals surface area contributed by atoms with Crippen molar-refractivity contribution in [3.8, 4) is 11.3 Å². The molecule has 4 rings (SSSR count). The van der Waals surface area contributed by atoms with Crippen LogP contribution in [0.4, 0.5) is 5.69 Å². The first-order valence-corrected chi connectivity index (χ1v) is 9.84. The largest absolute Gasteiger partial charge is 0.326 e. The fourth-order valence-corrected chi connectivity index (χ4v) is 3.90. The smallest absolute Gasteiger partial charge is 0.230 e. The fraction of sp³-hybridized carbons (Fsp3) is 0.143. The van der Waals surface area contributed by atoms with Gasteiger partial charge in [-0.15, -0.1) is 11.3 Å². The zero-order valence-electron chi connectivity index (χ0n) is 15.0. The Hall–Kier alpha value is -2.63. The third kappa shape index (κ3) is 3.75. The van der Waals surface area contributed by atoms with Crippen molar-refractivity contribution in [2.24, 2.45) is 0 Å². The van der Waals surface area contributed by atoms with Crippen molar-refractivity contribution in [2.45, 2.75) is 20.3 Å². The molecule has 2 aromatic heterocycles. The van der Waals surface area contributed by atoms with Crippen LogP contribution in [0.3, 0.4) is 0 Å². The second-order valence-corrected chi connectivity index (χ2v) is 7.81. The van der Waals surface area contributed by atoms with Gasteiger partial charge >= 0.3 is 0 Å². The molecule has 0 atom stereocenters. The number of carbonyl (C=O) groups excluding carboxylic acids is 1. The predicted octanol–water partition coefficient (Wildman–Crippen LogP) is 5.51. The topological polar surface area (TPSA) is 46.4 Å². The number of benzene rings is 2. The second kappa shape index (κ2) is 7.18. The lowest BCUT2D eigenvalue weighted by molar-refractivity contribution is -0.115. The molecule has 6 heteroatoms. The van der Waals surface area contributed by atoms with Crippen molar-refractivity contribution in [1.29, 1.82) is 0 Å². The number of thiazole rings is 1. The summed E-state index contributed by atoms with van der Waals surface area (Å²) in [6.45, 7) is 4.09. The zero-order chi connectivity index (χ0) is 19.0. The van der Waals surface area contributed by atoms with Crippen LogP contribution < -0.4 is 5.32 Å².